The van der Waals surface area contributed by atoms with E-state index < -0.39 is 0 Å². The lowest BCUT2D eigenvalue weighted by atomic mass is 9.88. The van der Waals surface area contributed by atoms with Gasteiger partial charge in [-0.1, -0.05) is 32.0 Å². The zero-order valence-corrected chi connectivity index (χ0v) is 11.8. The lowest BCUT2D eigenvalue weighted by Crippen LogP contribution is -2.24. The van der Waals surface area contributed by atoms with Crippen molar-refractivity contribution < 1.29 is 0 Å². The number of hydrogen-bond acceptors (Lipinski definition) is 3. The minimum Gasteiger partial charge on any atom is -0.370 e. The number of hydrogen-bond donors (Lipinski definition) is 2. The SMILES string of the molecule is CC(C)(CCCN)CNc1ccc2ccccc2n1. The number of rotatable bonds is 6. The molecular formula is C16H23N3. The Balaban J connectivity index is 2.01. The molecule has 19 heavy (non-hydrogen) atoms. The summed E-state index contributed by atoms with van der Waals surface area (Å²) in [5.41, 5.74) is 6.85. The van der Waals surface area contributed by atoms with Gasteiger partial charge in [-0.15, -0.1) is 0 Å². The van der Waals surface area contributed by atoms with Crippen LogP contribution in [0.25, 0.3) is 10.9 Å². The number of fused-ring (bicyclic) bond motifs is 1. The summed E-state index contributed by atoms with van der Waals surface area (Å²) in [6.45, 7) is 6.20. The van der Waals surface area contributed by atoms with E-state index in [4.69, 9.17) is 5.73 Å². The molecule has 0 saturated heterocycles. The van der Waals surface area contributed by atoms with Crippen LogP contribution in [-0.4, -0.2) is 18.1 Å². The predicted octanol–water partition coefficient (Wildman–Crippen LogP) is 3.41. The maximum atomic E-state index is 5.57. The molecule has 0 spiro atoms. The summed E-state index contributed by atoms with van der Waals surface area (Å²) in [6.07, 6.45) is 2.20. The third-order valence-electron chi connectivity index (χ3n) is 3.40. The molecule has 0 fully saturated rings. The molecule has 0 bridgehead atoms. The molecule has 102 valence electrons. The van der Waals surface area contributed by atoms with E-state index in [9.17, 15) is 0 Å². The maximum Gasteiger partial charge on any atom is 0.126 e. The Morgan fingerprint density at radius 2 is 1.95 bits per heavy atom. The zero-order valence-electron chi connectivity index (χ0n) is 11.8. The molecule has 0 radical (unpaired) electrons. The lowest BCUT2D eigenvalue weighted by Gasteiger charge is -2.25. The standard InChI is InChI=1S/C16H23N3/c1-16(2,10-5-11-17)12-18-15-9-8-13-6-3-4-7-14(13)19-15/h3-4,6-9H,5,10-12,17H2,1-2H3,(H,18,19). The van der Waals surface area contributed by atoms with Gasteiger partial charge >= 0.3 is 0 Å². The van der Waals surface area contributed by atoms with E-state index in [0.29, 0.717) is 0 Å². The van der Waals surface area contributed by atoms with E-state index in [2.05, 4.69) is 36.3 Å². The van der Waals surface area contributed by atoms with Gasteiger partial charge in [0.25, 0.3) is 0 Å². The molecule has 1 aromatic heterocycles. The van der Waals surface area contributed by atoms with E-state index in [-0.39, 0.29) is 5.41 Å². The third kappa shape index (κ3) is 3.93. The van der Waals surface area contributed by atoms with Gasteiger partial charge in [-0.2, -0.15) is 0 Å². The number of nitrogens with zero attached hydrogens (tertiary/aromatic N) is 1. The Kier molecular flexibility index (Phi) is 4.38. The molecule has 0 saturated carbocycles. The second kappa shape index (κ2) is 6.02. The summed E-state index contributed by atoms with van der Waals surface area (Å²) in [5, 5.41) is 4.61. The van der Waals surface area contributed by atoms with Gasteiger partial charge in [-0.3, -0.25) is 0 Å². The van der Waals surface area contributed by atoms with Crippen LogP contribution in [0.5, 0.6) is 0 Å². The van der Waals surface area contributed by atoms with Crippen molar-refractivity contribution in [3.8, 4) is 0 Å². The summed E-state index contributed by atoms with van der Waals surface area (Å²) in [4.78, 5) is 4.62. The molecule has 2 aromatic rings. The minimum atomic E-state index is 0.243. The maximum absolute atomic E-state index is 5.57. The van der Waals surface area contributed by atoms with Crippen molar-refractivity contribution >= 4 is 16.7 Å². The van der Waals surface area contributed by atoms with Gasteiger partial charge in [0.05, 0.1) is 5.52 Å². The molecule has 0 unspecified atom stereocenters. The summed E-state index contributed by atoms with van der Waals surface area (Å²) < 4.78 is 0. The van der Waals surface area contributed by atoms with Crippen molar-refractivity contribution in [1.29, 1.82) is 0 Å². The predicted molar refractivity (Wildman–Crippen MR) is 82.3 cm³/mol. The lowest BCUT2D eigenvalue weighted by molar-refractivity contribution is 0.350. The highest BCUT2D eigenvalue weighted by Crippen LogP contribution is 2.23. The van der Waals surface area contributed by atoms with Crippen molar-refractivity contribution in [1.82, 2.24) is 4.98 Å². The van der Waals surface area contributed by atoms with Crippen molar-refractivity contribution in [2.75, 3.05) is 18.4 Å². The first-order valence-electron chi connectivity index (χ1n) is 6.90. The fourth-order valence-electron chi connectivity index (χ4n) is 2.16. The zero-order chi connectivity index (χ0) is 13.7. The number of nitrogens with one attached hydrogen (secondary N) is 1. The Morgan fingerprint density at radius 1 is 1.16 bits per heavy atom. The van der Waals surface area contributed by atoms with Gasteiger partial charge < -0.3 is 11.1 Å². The molecule has 0 aliphatic carbocycles. The number of anilines is 1. The minimum absolute atomic E-state index is 0.243. The Morgan fingerprint density at radius 3 is 2.74 bits per heavy atom. The second-order valence-electron chi connectivity index (χ2n) is 5.80. The highest BCUT2D eigenvalue weighted by atomic mass is 15.0. The molecular weight excluding hydrogens is 234 g/mol. The van der Waals surface area contributed by atoms with Crippen LogP contribution in [0.2, 0.25) is 0 Å². The van der Waals surface area contributed by atoms with E-state index in [1.54, 1.807) is 0 Å². The van der Waals surface area contributed by atoms with Crippen LogP contribution in [0.3, 0.4) is 0 Å². The Bertz CT molecular complexity index is 534. The molecule has 3 nitrogen and oxygen atoms in total. The number of para-hydroxylation sites is 1. The molecule has 0 amide bonds. The van der Waals surface area contributed by atoms with Crippen LogP contribution in [0.1, 0.15) is 26.7 Å². The van der Waals surface area contributed by atoms with Crippen molar-refractivity contribution in [2.45, 2.75) is 26.7 Å². The van der Waals surface area contributed by atoms with Crippen molar-refractivity contribution in [2.24, 2.45) is 11.1 Å². The van der Waals surface area contributed by atoms with Crippen LogP contribution in [-0.2, 0) is 0 Å². The topological polar surface area (TPSA) is 50.9 Å². The first-order valence-corrected chi connectivity index (χ1v) is 6.90. The molecule has 3 heteroatoms. The van der Waals surface area contributed by atoms with E-state index in [1.165, 1.54) is 5.39 Å². The van der Waals surface area contributed by atoms with Crippen LogP contribution >= 0.6 is 0 Å². The number of nitrogens with two attached hydrogens (primary N) is 1. The fraction of sp³-hybridized carbons (Fsp3) is 0.438. The van der Waals surface area contributed by atoms with Crippen molar-refractivity contribution in [3.05, 3.63) is 36.4 Å². The largest absolute Gasteiger partial charge is 0.370 e. The van der Waals surface area contributed by atoms with Gasteiger partial charge in [0.2, 0.25) is 0 Å². The first kappa shape index (κ1) is 13.8. The second-order valence-corrected chi connectivity index (χ2v) is 5.80. The van der Waals surface area contributed by atoms with Gasteiger partial charge in [0, 0.05) is 11.9 Å². The average molecular weight is 257 g/mol. The van der Waals surface area contributed by atoms with Crippen molar-refractivity contribution in [3.63, 3.8) is 0 Å². The number of benzene rings is 1. The Labute approximate surface area is 115 Å². The van der Waals surface area contributed by atoms with E-state index in [1.807, 2.05) is 24.3 Å². The highest BCUT2D eigenvalue weighted by Gasteiger charge is 2.16. The van der Waals surface area contributed by atoms with Gasteiger partial charge in [-0.05, 0) is 43.0 Å². The molecule has 0 atom stereocenters. The van der Waals surface area contributed by atoms with Crippen LogP contribution < -0.4 is 11.1 Å². The molecule has 0 aliphatic heterocycles. The first-order chi connectivity index (χ1) is 9.11. The van der Waals surface area contributed by atoms with E-state index >= 15 is 0 Å². The quantitative estimate of drug-likeness (QED) is 0.833. The third-order valence-corrected chi connectivity index (χ3v) is 3.40. The molecule has 0 aliphatic rings. The monoisotopic (exact) mass is 257 g/mol. The molecule has 1 aromatic carbocycles. The van der Waals surface area contributed by atoms with Crippen LogP contribution in [0, 0.1) is 5.41 Å². The highest BCUT2D eigenvalue weighted by molar-refractivity contribution is 5.80. The molecule has 2 rings (SSSR count). The summed E-state index contributed by atoms with van der Waals surface area (Å²) in [6, 6.07) is 12.3. The summed E-state index contributed by atoms with van der Waals surface area (Å²) in [5.74, 6) is 0.944. The van der Waals surface area contributed by atoms with Gasteiger partial charge in [0.15, 0.2) is 0 Å². The smallest absolute Gasteiger partial charge is 0.126 e. The fourth-order valence-corrected chi connectivity index (χ4v) is 2.16. The van der Waals surface area contributed by atoms with Crippen LogP contribution in [0.4, 0.5) is 5.82 Å². The molecule has 1 heterocycles. The summed E-state index contributed by atoms with van der Waals surface area (Å²) >= 11 is 0. The van der Waals surface area contributed by atoms with Gasteiger partial charge in [-0.25, -0.2) is 4.98 Å². The molecule has 3 N–H and O–H groups in total. The number of aromatic nitrogens is 1. The summed E-state index contributed by atoms with van der Waals surface area (Å²) in [7, 11) is 0. The Hall–Kier alpha value is -1.61. The number of pyridine rings is 1. The van der Waals surface area contributed by atoms with Crippen LogP contribution in [0.15, 0.2) is 36.4 Å². The normalized spacial score (nSPS) is 11.7. The van der Waals surface area contributed by atoms with E-state index in [0.717, 1.165) is 37.3 Å². The average Bonchev–Trinajstić information content (AvgIpc) is 2.43. The van der Waals surface area contributed by atoms with Gasteiger partial charge in [0.1, 0.15) is 5.82 Å².